The number of thioether (sulfide) groups is 1. The lowest BCUT2D eigenvalue weighted by Crippen LogP contribution is -2.53. The van der Waals surface area contributed by atoms with E-state index in [1.165, 1.54) is 23.3 Å². The molecule has 0 aromatic heterocycles. The molecule has 2 amide bonds. The van der Waals surface area contributed by atoms with E-state index in [0.717, 1.165) is 63.6 Å². The highest BCUT2D eigenvalue weighted by Gasteiger charge is 2.33. The van der Waals surface area contributed by atoms with Gasteiger partial charge in [-0.25, -0.2) is 0 Å². The Labute approximate surface area is 213 Å². The van der Waals surface area contributed by atoms with Crippen LogP contribution in [0.5, 0.6) is 0 Å². The van der Waals surface area contributed by atoms with Crippen molar-refractivity contribution < 1.29 is 9.59 Å². The first kappa shape index (κ1) is 24.3. The molecule has 186 valence electrons. The maximum atomic E-state index is 13.7. The van der Waals surface area contributed by atoms with Gasteiger partial charge in [-0.2, -0.15) is 0 Å². The molecule has 0 bridgehead atoms. The van der Waals surface area contributed by atoms with Crippen LogP contribution in [0.1, 0.15) is 37.3 Å². The quantitative estimate of drug-likeness (QED) is 0.634. The van der Waals surface area contributed by atoms with Crippen molar-refractivity contribution in [1.82, 2.24) is 14.7 Å². The Hall–Kier alpha value is -2.35. The Morgan fingerprint density at radius 1 is 0.714 bits per heavy atom. The summed E-state index contributed by atoms with van der Waals surface area (Å²) < 4.78 is 0. The maximum Gasteiger partial charge on any atom is 0.241 e. The Morgan fingerprint density at radius 2 is 1.31 bits per heavy atom. The number of benzene rings is 2. The molecule has 2 saturated heterocycles. The molecule has 5 rings (SSSR count). The second-order valence-electron chi connectivity index (χ2n) is 9.82. The van der Waals surface area contributed by atoms with Crippen LogP contribution in [-0.4, -0.2) is 84.6 Å². The number of carbonyl (C=O) groups excluding carboxylic acids is 2. The van der Waals surface area contributed by atoms with Gasteiger partial charge < -0.3 is 9.80 Å². The number of para-hydroxylation sites is 1. The average molecular weight is 493 g/mol. The number of hydrogen-bond acceptors (Lipinski definition) is 5. The van der Waals surface area contributed by atoms with Crippen molar-refractivity contribution in [2.45, 2.75) is 36.6 Å². The zero-order valence-corrected chi connectivity index (χ0v) is 21.3. The van der Waals surface area contributed by atoms with E-state index in [1.54, 1.807) is 0 Å². The smallest absolute Gasteiger partial charge is 0.241 e. The van der Waals surface area contributed by atoms with Crippen LogP contribution in [0.2, 0.25) is 0 Å². The molecular weight excluding hydrogens is 456 g/mol. The largest absolute Gasteiger partial charge is 0.342 e. The summed E-state index contributed by atoms with van der Waals surface area (Å²) in [6, 6.07) is 18.7. The molecule has 35 heavy (non-hydrogen) atoms. The van der Waals surface area contributed by atoms with Crippen LogP contribution in [0.3, 0.4) is 0 Å². The molecule has 0 radical (unpaired) electrons. The molecule has 0 unspecified atom stereocenters. The second kappa shape index (κ2) is 11.6. The maximum absolute atomic E-state index is 13.7. The van der Waals surface area contributed by atoms with Gasteiger partial charge in [0.1, 0.15) is 0 Å². The molecule has 0 saturated carbocycles. The van der Waals surface area contributed by atoms with Gasteiger partial charge in [-0.1, -0.05) is 55.3 Å². The molecule has 2 aromatic carbocycles. The molecule has 0 N–H and O–H groups in total. The number of rotatable bonds is 5. The Kier molecular flexibility index (Phi) is 8.06. The van der Waals surface area contributed by atoms with Gasteiger partial charge in [-0.15, -0.1) is 11.8 Å². The van der Waals surface area contributed by atoms with Crippen molar-refractivity contribution in [1.29, 1.82) is 0 Å². The Balaban J connectivity index is 1.20. The lowest BCUT2D eigenvalue weighted by molar-refractivity contribution is -0.133. The number of amides is 2. The monoisotopic (exact) mass is 492 g/mol. The van der Waals surface area contributed by atoms with Crippen LogP contribution in [0.25, 0.3) is 0 Å². The van der Waals surface area contributed by atoms with E-state index in [1.807, 2.05) is 34.9 Å². The van der Waals surface area contributed by atoms with Crippen molar-refractivity contribution in [3.05, 3.63) is 60.2 Å². The number of fused-ring (bicyclic) bond motifs is 1. The first-order chi connectivity index (χ1) is 17.2. The molecule has 0 spiro atoms. The highest BCUT2D eigenvalue weighted by molar-refractivity contribution is 7.99. The van der Waals surface area contributed by atoms with Crippen LogP contribution in [0.15, 0.2) is 59.5 Å². The predicted octanol–water partition coefficient (Wildman–Crippen LogP) is 3.89. The van der Waals surface area contributed by atoms with Crippen molar-refractivity contribution in [3.8, 4) is 0 Å². The summed E-state index contributed by atoms with van der Waals surface area (Å²) in [4.78, 5) is 36.3. The molecule has 3 aliphatic rings. The van der Waals surface area contributed by atoms with Gasteiger partial charge in [0.25, 0.3) is 0 Å². The van der Waals surface area contributed by atoms with Crippen molar-refractivity contribution in [2.75, 3.05) is 63.0 Å². The fraction of sp³-hybridized carbons (Fsp3) is 0.500. The van der Waals surface area contributed by atoms with Gasteiger partial charge in [-0.3, -0.25) is 19.4 Å². The third kappa shape index (κ3) is 5.90. The molecule has 0 aliphatic carbocycles. The lowest BCUT2D eigenvalue weighted by atomic mass is 10.1. The zero-order chi connectivity index (χ0) is 24.0. The average Bonchev–Trinajstić information content (AvgIpc) is 3.19. The first-order valence-corrected chi connectivity index (χ1v) is 14.0. The van der Waals surface area contributed by atoms with E-state index in [0.29, 0.717) is 13.1 Å². The minimum atomic E-state index is 0.0381. The molecule has 6 nitrogen and oxygen atoms in total. The molecule has 7 heteroatoms. The molecule has 2 fully saturated rings. The van der Waals surface area contributed by atoms with E-state index in [4.69, 9.17) is 0 Å². The van der Waals surface area contributed by atoms with E-state index in [9.17, 15) is 9.59 Å². The highest BCUT2D eigenvalue weighted by Crippen LogP contribution is 2.43. The number of likely N-dealkylation sites (tertiary alicyclic amines) is 1. The van der Waals surface area contributed by atoms with E-state index < -0.39 is 0 Å². The number of piperazine rings is 1. The summed E-state index contributed by atoms with van der Waals surface area (Å²) >= 11 is 1.83. The zero-order valence-electron chi connectivity index (χ0n) is 20.5. The number of carbonyl (C=O) groups is 2. The molecule has 3 aliphatic heterocycles. The van der Waals surface area contributed by atoms with Crippen molar-refractivity contribution in [2.24, 2.45) is 0 Å². The van der Waals surface area contributed by atoms with Crippen molar-refractivity contribution in [3.63, 3.8) is 0 Å². The van der Waals surface area contributed by atoms with Gasteiger partial charge in [0, 0.05) is 49.9 Å². The summed E-state index contributed by atoms with van der Waals surface area (Å²) in [5.41, 5.74) is 2.20. The summed E-state index contributed by atoms with van der Waals surface area (Å²) in [5.74, 6) is 1.28. The van der Waals surface area contributed by atoms with Crippen LogP contribution in [-0.2, 0) is 9.59 Å². The minimum absolute atomic E-state index is 0.0381. The Morgan fingerprint density at radius 3 is 2.00 bits per heavy atom. The predicted molar refractivity (Wildman–Crippen MR) is 142 cm³/mol. The van der Waals surface area contributed by atoms with Gasteiger partial charge in [0.05, 0.1) is 24.8 Å². The Bertz CT molecular complexity index is 1000. The van der Waals surface area contributed by atoms with Crippen LogP contribution >= 0.6 is 11.8 Å². The first-order valence-electron chi connectivity index (χ1n) is 13.0. The summed E-state index contributed by atoms with van der Waals surface area (Å²) in [6.45, 7) is 6.04. The summed E-state index contributed by atoms with van der Waals surface area (Å²) in [7, 11) is 0. The van der Waals surface area contributed by atoms with Crippen LogP contribution < -0.4 is 4.90 Å². The SMILES string of the molecule is O=C(CN1CCN(CC(=O)N2c3ccccc3SC[C@H]2c2ccccc2)CC1)N1CCCCCC1. The highest BCUT2D eigenvalue weighted by atomic mass is 32.2. The summed E-state index contributed by atoms with van der Waals surface area (Å²) in [6.07, 6.45) is 4.73. The molecular formula is C28H36N4O2S. The number of hydrogen-bond donors (Lipinski definition) is 0. The second-order valence-corrected chi connectivity index (χ2v) is 10.9. The van der Waals surface area contributed by atoms with Crippen molar-refractivity contribution >= 4 is 29.3 Å². The van der Waals surface area contributed by atoms with Gasteiger partial charge >= 0.3 is 0 Å². The molecule has 2 aromatic rings. The van der Waals surface area contributed by atoms with Gasteiger partial charge in [-0.05, 0) is 30.5 Å². The standard InChI is InChI=1S/C28H36N4O2S/c33-27(31-14-8-1-2-9-15-31)20-29-16-18-30(19-17-29)21-28(34)32-24-12-6-7-13-26(24)35-22-25(32)23-10-4-3-5-11-23/h3-7,10-13,25H,1-2,8-9,14-22H2/t25-/m0/s1. The van der Waals surface area contributed by atoms with Gasteiger partial charge in [0.2, 0.25) is 11.8 Å². The number of anilines is 1. The van der Waals surface area contributed by atoms with Crippen LogP contribution in [0.4, 0.5) is 5.69 Å². The van der Waals surface area contributed by atoms with Crippen LogP contribution in [0, 0.1) is 0 Å². The topological polar surface area (TPSA) is 47.1 Å². The third-order valence-electron chi connectivity index (χ3n) is 7.43. The van der Waals surface area contributed by atoms with E-state index >= 15 is 0 Å². The number of nitrogens with zero attached hydrogens (tertiary/aromatic N) is 4. The fourth-order valence-electron chi connectivity index (χ4n) is 5.40. The minimum Gasteiger partial charge on any atom is -0.342 e. The van der Waals surface area contributed by atoms with E-state index in [-0.39, 0.29) is 17.9 Å². The lowest BCUT2D eigenvalue weighted by Gasteiger charge is -2.40. The fourth-order valence-corrected chi connectivity index (χ4v) is 6.57. The normalized spacial score (nSPS) is 21.9. The summed E-state index contributed by atoms with van der Waals surface area (Å²) in [5, 5.41) is 0. The van der Waals surface area contributed by atoms with E-state index in [2.05, 4.69) is 51.1 Å². The molecule has 3 heterocycles. The third-order valence-corrected chi connectivity index (χ3v) is 8.57. The van der Waals surface area contributed by atoms with Gasteiger partial charge in [0.15, 0.2) is 0 Å². The molecule has 1 atom stereocenters.